The first-order chi connectivity index (χ1) is 19.5. The quantitative estimate of drug-likeness (QED) is 0.152. The number of Topliss-reactive ketones (excluding diaryl/α,β-unsaturated/α-hetero) is 1. The van der Waals surface area contributed by atoms with Crippen LogP contribution in [0.5, 0.6) is 17.2 Å². The number of carbonyl (C=O) groups excluding carboxylic acids is 2. The van der Waals surface area contributed by atoms with E-state index in [1.54, 1.807) is 54.6 Å². The molecule has 1 aromatic heterocycles. The lowest BCUT2D eigenvalue weighted by Crippen LogP contribution is -2.29. The Balaban J connectivity index is 1.57. The van der Waals surface area contributed by atoms with Crippen molar-refractivity contribution in [2.24, 2.45) is 0 Å². The van der Waals surface area contributed by atoms with Crippen LogP contribution in [0.25, 0.3) is 5.76 Å². The van der Waals surface area contributed by atoms with E-state index in [9.17, 15) is 14.7 Å². The zero-order chi connectivity index (χ0) is 28.1. The Hall–Kier alpha value is -4.98. The van der Waals surface area contributed by atoms with E-state index in [0.29, 0.717) is 47.3 Å². The van der Waals surface area contributed by atoms with Crippen molar-refractivity contribution in [1.29, 1.82) is 0 Å². The fourth-order valence-corrected chi connectivity index (χ4v) is 4.68. The number of methoxy groups -OCH3 is 1. The molecule has 5 rings (SSSR count). The molecular formula is C32H29NO7. The van der Waals surface area contributed by atoms with Crippen LogP contribution in [0.4, 0.5) is 0 Å². The van der Waals surface area contributed by atoms with Crippen LogP contribution in [0.2, 0.25) is 0 Å². The maximum atomic E-state index is 13.4. The monoisotopic (exact) mass is 539 g/mol. The first-order valence-electron chi connectivity index (χ1n) is 12.9. The third kappa shape index (κ3) is 5.42. The number of hydrogen-bond donors (Lipinski definition) is 1. The molecule has 1 fully saturated rings. The summed E-state index contributed by atoms with van der Waals surface area (Å²) in [6, 6.07) is 24.2. The van der Waals surface area contributed by atoms with Crippen molar-refractivity contribution in [3.8, 4) is 17.2 Å². The second-order valence-corrected chi connectivity index (χ2v) is 9.15. The van der Waals surface area contributed by atoms with Crippen molar-refractivity contribution in [2.75, 3.05) is 13.7 Å². The van der Waals surface area contributed by atoms with Crippen molar-refractivity contribution in [2.45, 2.75) is 26.1 Å². The molecule has 3 aromatic carbocycles. The lowest BCUT2D eigenvalue weighted by Gasteiger charge is -2.25. The molecule has 40 heavy (non-hydrogen) atoms. The number of benzene rings is 3. The minimum atomic E-state index is -0.894. The Morgan fingerprint density at radius 2 is 1.70 bits per heavy atom. The maximum Gasteiger partial charge on any atom is 0.296 e. The molecule has 4 aromatic rings. The van der Waals surface area contributed by atoms with Crippen molar-refractivity contribution in [3.05, 3.63) is 119 Å². The lowest BCUT2D eigenvalue weighted by molar-refractivity contribution is -0.140. The second-order valence-electron chi connectivity index (χ2n) is 9.15. The average Bonchev–Trinajstić information content (AvgIpc) is 3.59. The second kappa shape index (κ2) is 11.8. The van der Waals surface area contributed by atoms with E-state index in [1.807, 2.05) is 37.3 Å². The minimum Gasteiger partial charge on any atom is -0.507 e. The van der Waals surface area contributed by atoms with Gasteiger partial charge in [-0.1, -0.05) is 36.4 Å². The first-order valence-corrected chi connectivity index (χ1v) is 12.9. The number of ketones is 1. The third-order valence-corrected chi connectivity index (χ3v) is 6.63. The largest absolute Gasteiger partial charge is 0.507 e. The topological polar surface area (TPSA) is 98.4 Å². The molecule has 8 heteroatoms. The summed E-state index contributed by atoms with van der Waals surface area (Å²) in [5, 5.41) is 11.3. The Morgan fingerprint density at radius 3 is 2.38 bits per heavy atom. The Labute approximate surface area is 232 Å². The van der Waals surface area contributed by atoms with Gasteiger partial charge < -0.3 is 28.6 Å². The van der Waals surface area contributed by atoms with Gasteiger partial charge in [0.15, 0.2) is 11.5 Å². The van der Waals surface area contributed by atoms with Crippen LogP contribution >= 0.6 is 0 Å². The molecule has 8 nitrogen and oxygen atoms in total. The van der Waals surface area contributed by atoms with E-state index < -0.39 is 17.7 Å². The molecule has 0 radical (unpaired) electrons. The molecule has 1 unspecified atom stereocenters. The van der Waals surface area contributed by atoms with Crippen LogP contribution in [-0.4, -0.2) is 35.4 Å². The van der Waals surface area contributed by atoms with Gasteiger partial charge in [-0.3, -0.25) is 9.59 Å². The van der Waals surface area contributed by atoms with E-state index >= 15 is 0 Å². The van der Waals surface area contributed by atoms with Gasteiger partial charge in [-0.15, -0.1) is 0 Å². The SMILES string of the molecule is CCOc1cc(C2C(=C(O)c3ccc(OC)cc3)C(=O)C(=O)N2Cc2ccco2)ccc1OCc1ccccc1. The van der Waals surface area contributed by atoms with Gasteiger partial charge in [0, 0.05) is 5.56 Å². The smallest absolute Gasteiger partial charge is 0.296 e. The highest BCUT2D eigenvalue weighted by molar-refractivity contribution is 6.46. The van der Waals surface area contributed by atoms with E-state index in [-0.39, 0.29) is 17.9 Å². The average molecular weight is 540 g/mol. The van der Waals surface area contributed by atoms with Crippen molar-refractivity contribution >= 4 is 17.4 Å². The molecule has 0 saturated carbocycles. The molecule has 0 bridgehead atoms. The Bertz CT molecular complexity index is 1510. The zero-order valence-corrected chi connectivity index (χ0v) is 22.2. The number of nitrogens with zero attached hydrogens (tertiary/aromatic N) is 1. The highest BCUT2D eigenvalue weighted by atomic mass is 16.5. The zero-order valence-electron chi connectivity index (χ0n) is 22.2. The molecule has 1 saturated heterocycles. The standard InChI is InChI=1S/C32H29NO7/c1-3-38-27-18-23(13-16-26(27)40-20-21-8-5-4-6-9-21)29-28(30(34)22-11-14-24(37-2)15-12-22)31(35)32(36)33(29)19-25-10-7-17-39-25/h4-18,29,34H,3,19-20H2,1-2H3. The van der Waals surface area contributed by atoms with E-state index in [0.717, 1.165) is 5.56 Å². The number of aliphatic hydroxyl groups is 1. The van der Waals surface area contributed by atoms with Gasteiger partial charge >= 0.3 is 0 Å². The molecule has 0 aliphatic carbocycles. The number of furan rings is 1. The number of hydrogen-bond acceptors (Lipinski definition) is 7. The van der Waals surface area contributed by atoms with Crippen LogP contribution in [-0.2, 0) is 22.7 Å². The van der Waals surface area contributed by atoms with Gasteiger partial charge in [0.1, 0.15) is 23.9 Å². The molecule has 2 heterocycles. The van der Waals surface area contributed by atoms with Crippen LogP contribution in [0.3, 0.4) is 0 Å². The third-order valence-electron chi connectivity index (χ3n) is 6.63. The Kier molecular flexibility index (Phi) is 7.87. The molecule has 1 amide bonds. The van der Waals surface area contributed by atoms with Gasteiger partial charge in [0.05, 0.1) is 38.1 Å². The molecule has 1 atom stereocenters. The van der Waals surface area contributed by atoms with E-state index in [2.05, 4.69) is 0 Å². The summed E-state index contributed by atoms with van der Waals surface area (Å²) < 4.78 is 22.6. The number of rotatable bonds is 10. The van der Waals surface area contributed by atoms with Crippen molar-refractivity contribution in [3.63, 3.8) is 0 Å². The van der Waals surface area contributed by atoms with Gasteiger partial charge in [0.25, 0.3) is 11.7 Å². The summed E-state index contributed by atoms with van der Waals surface area (Å²) in [6.45, 7) is 2.62. The van der Waals surface area contributed by atoms with Gasteiger partial charge in [0.2, 0.25) is 0 Å². The van der Waals surface area contributed by atoms with Crippen molar-refractivity contribution in [1.82, 2.24) is 4.90 Å². The summed E-state index contributed by atoms with van der Waals surface area (Å²) in [7, 11) is 1.54. The predicted octanol–water partition coefficient (Wildman–Crippen LogP) is 5.89. The molecule has 204 valence electrons. The van der Waals surface area contributed by atoms with Crippen LogP contribution < -0.4 is 14.2 Å². The molecule has 1 N–H and O–H groups in total. The lowest BCUT2D eigenvalue weighted by atomic mass is 9.95. The predicted molar refractivity (Wildman–Crippen MR) is 148 cm³/mol. The summed E-state index contributed by atoms with van der Waals surface area (Å²) in [6.07, 6.45) is 1.50. The highest BCUT2D eigenvalue weighted by Gasteiger charge is 2.46. The van der Waals surface area contributed by atoms with Gasteiger partial charge in [-0.2, -0.15) is 0 Å². The highest BCUT2D eigenvalue weighted by Crippen LogP contribution is 2.43. The fraction of sp³-hybridized carbons (Fsp3) is 0.188. The summed E-state index contributed by atoms with van der Waals surface area (Å²) in [5.41, 5.74) is 1.94. The van der Waals surface area contributed by atoms with Crippen LogP contribution in [0.15, 0.2) is 101 Å². The molecular weight excluding hydrogens is 510 g/mol. The summed E-state index contributed by atoms with van der Waals surface area (Å²) in [5.74, 6) is 0.279. The normalized spacial score (nSPS) is 16.2. The summed E-state index contributed by atoms with van der Waals surface area (Å²) >= 11 is 0. The van der Waals surface area contributed by atoms with Crippen LogP contribution in [0.1, 0.15) is 35.4 Å². The van der Waals surface area contributed by atoms with E-state index in [1.165, 1.54) is 18.3 Å². The van der Waals surface area contributed by atoms with Gasteiger partial charge in [-0.25, -0.2) is 0 Å². The van der Waals surface area contributed by atoms with Crippen LogP contribution in [0, 0.1) is 0 Å². The first kappa shape index (κ1) is 26.6. The fourth-order valence-electron chi connectivity index (χ4n) is 4.68. The molecule has 1 aliphatic heterocycles. The van der Waals surface area contributed by atoms with E-state index in [4.69, 9.17) is 18.6 Å². The summed E-state index contributed by atoms with van der Waals surface area (Å²) in [4.78, 5) is 28.1. The minimum absolute atomic E-state index is 0.0258. The number of ether oxygens (including phenoxy) is 3. The number of likely N-dealkylation sites (tertiary alicyclic amines) is 1. The van der Waals surface area contributed by atoms with Gasteiger partial charge in [-0.05, 0) is 66.6 Å². The number of carbonyl (C=O) groups is 2. The molecule has 0 spiro atoms. The Morgan fingerprint density at radius 1 is 0.925 bits per heavy atom. The number of aliphatic hydroxyl groups excluding tert-OH is 1. The maximum absolute atomic E-state index is 13.4. The molecule has 1 aliphatic rings. The van der Waals surface area contributed by atoms with Crippen molar-refractivity contribution < 1.29 is 33.3 Å². The number of amides is 1.